The first-order valence-corrected chi connectivity index (χ1v) is 9.73. The van der Waals surface area contributed by atoms with Gasteiger partial charge in [0.05, 0.1) is 11.7 Å². The predicted molar refractivity (Wildman–Crippen MR) is 107 cm³/mol. The first-order valence-electron chi connectivity index (χ1n) is 9.73. The molecule has 138 valence electrons. The van der Waals surface area contributed by atoms with Gasteiger partial charge in [0.25, 0.3) is 0 Å². The van der Waals surface area contributed by atoms with Crippen molar-refractivity contribution in [1.29, 1.82) is 0 Å². The fourth-order valence-electron chi connectivity index (χ4n) is 4.41. The van der Waals surface area contributed by atoms with Crippen molar-refractivity contribution in [3.05, 3.63) is 42.5 Å². The second kappa shape index (κ2) is 6.53. The maximum absolute atomic E-state index is 4.99. The third kappa shape index (κ3) is 3.04. The zero-order chi connectivity index (χ0) is 18.3. The Balaban J connectivity index is 1.56. The first kappa shape index (κ1) is 16.6. The molecule has 0 atom stereocenters. The average molecular weight is 360 g/mol. The van der Waals surface area contributed by atoms with Crippen LogP contribution in [-0.4, -0.2) is 46.1 Å². The van der Waals surface area contributed by atoms with Gasteiger partial charge in [0.15, 0.2) is 5.82 Å². The Labute approximate surface area is 159 Å². The van der Waals surface area contributed by atoms with Crippen molar-refractivity contribution < 1.29 is 0 Å². The molecular weight excluding hydrogens is 336 g/mol. The van der Waals surface area contributed by atoms with E-state index in [9.17, 15) is 0 Å². The lowest BCUT2D eigenvalue weighted by Gasteiger charge is -2.39. The molecule has 5 rings (SSSR count). The summed E-state index contributed by atoms with van der Waals surface area (Å²) in [4.78, 5) is 20.8. The smallest absolute Gasteiger partial charge is 0.162 e. The summed E-state index contributed by atoms with van der Waals surface area (Å²) in [6.07, 6.45) is 9.19. The fourth-order valence-corrected chi connectivity index (χ4v) is 4.41. The Morgan fingerprint density at radius 2 is 1.89 bits per heavy atom. The van der Waals surface area contributed by atoms with Gasteiger partial charge in [-0.15, -0.1) is 0 Å². The van der Waals surface area contributed by atoms with E-state index < -0.39 is 0 Å². The average Bonchev–Trinajstić information content (AvgIpc) is 3.16. The summed E-state index contributed by atoms with van der Waals surface area (Å²) in [6.45, 7) is 6.44. The van der Waals surface area contributed by atoms with Crippen LogP contribution in [0.5, 0.6) is 0 Å². The Morgan fingerprint density at radius 1 is 1.07 bits per heavy atom. The number of anilines is 1. The molecule has 0 amide bonds. The van der Waals surface area contributed by atoms with Crippen molar-refractivity contribution in [1.82, 2.24) is 25.3 Å². The number of pyridine rings is 2. The molecule has 2 aliphatic heterocycles. The van der Waals surface area contributed by atoms with Gasteiger partial charge in [-0.3, -0.25) is 9.97 Å². The standard InChI is InChI=1S/C21H24N6/c1-15-12-17-18(13-24-15)25-19(16-2-7-22-8-3-16)26-20(17)27-10-5-21(6-11-27)4-9-23-14-21/h2-3,7-8,12-13,23H,4-6,9-11,14H2,1H3. The highest BCUT2D eigenvalue weighted by Crippen LogP contribution is 2.39. The number of nitrogens with one attached hydrogen (secondary N) is 1. The number of aryl methyl sites for hydroxylation is 1. The Hall–Kier alpha value is -2.60. The molecule has 0 radical (unpaired) electrons. The summed E-state index contributed by atoms with van der Waals surface area (Å²) >= 11 is 0. The summed E-state index contributed by atoms with van der Waals surface area (Å²) < 4.78 is 0. The van der Waals surface area contributed by atoms with Gasteiger partial charge in [0, 0.05) is 48.7 Å². The van der Waals surface area contributed by atoms with Crippen molar-refractivity contribution in [2.24, 2.45) is 5.41 Å². The zero-order valence-corrected chi connectivity index (χ0v) is 15.6. The van der Waals surface area contributed by atoms with Crippen molar-refractivity contribution in [3.8, 4) is 11.4 Å². The Kier molecular flexibility index (Phi) is 4.01. The Morgan fingerprint density at radius 3 is 2.63 bits per heavy atom. The van der Waals surface area contributed by atoms with E-state index in [-0.39, 0.29) is 0 Å². The van der Waals surface area contributed by atoms with Gasteiger partial charge in [-0.1, -0.05) is 0 Å². The van der Waals surface area contributed by atoms with Crippen molar-refractivity contribution >= 4 is 16.7 Å². The molecule has 2 aliphatic rings. The molecule has 27 heavy (non-hydrogen) atoms. The molecule has 2 fully saturated rings. The largest absolute Gasteiger partial charge is 0.356 e. The number of hydrogen-bond acceptors (Lipinski definition) is 6. The molecule has 1 spiro atoms. The summed E-state index contributed by atoms with van der Waals surface area (Å²) in [7, 11) is 0. The van der Waals surface area contributed by atoms with E-state index in [2.05, 4.69) is 26.3 Å². The zero-order valence-electron chi connectivity index (χ0n) is 15.6. The SMILES string of the molecule is Cc1cc2c(N3CCC4(CCNC4)CC3)nc(-c3ccncc3)nc2cn1. The van der Waals surface area contributed by atoms with Gasteiger partial charge in [0.1, 0.15) is 5.82 Å². The quantitative estimate of drug-likeness (QED) is 0.758. The minimum atomic E-state index is 0.491. The predicted octanol–water partition coefficient (Wildman–Crippen LogP) is 2.98. The molecule has 1 N–H and O–H groups in total. The third-order valence-corrected chi connectivity index (χ3v) is 6.09. The maximum Gasteiger partial charge on any atom is 0.162 e. The fraction of sp³-hybridized carbons (Fsp3) is 0.429. The first-order chi connectivity index (χ1) is 13.2. The maximum atomic E-state index is 4.99. The molecule has 0 bridgehead atoms. The van der Waals surface area contributed by atoms with Crippen LogP contribution in [0.1, 0.15) is 25.0 Å². The van der Waals surface area contributed by atoms with Crippen LogP contribution in [0.4, 0.5) is 5.82 Å². The van der Waals surface area contributed by atoms with Crippen LogP contribution in [0.15, 0.2) is 36.8 Å². The molecule has 0 unspecified atom stereocenters. The Bertz CT molecular complexity index is 955. The van der Waals surface area contributed by atoms with E-state index in [1.54, 1.807) is 12.4 Å². The minimum absolute atomic E-state index is 0.491. The van der Waals surface area contributed by atoms with Crippen LogP contribution in [0.25, 0.3) is 22.3 Å². The molecule has 2 saturated heterocycles. The minimum Gasteiger partial charge on any atom is -0.356 e. The number of fused-ring (bicyclic) bond motifs is 1. The second-order valence-corrected chi connectivity index (χ2v) is 7.86. The van der Waals surface area contributed by atoms with Crippen LogP contribution in [0, 0.1) is 12.3 Å². The van der Waals surface area contributed by atoms with Gasteiger partial charge in [-0.2, -0.15) is 0 Å². The molecule has 3 aromatic rings. The summed E-state index contributed by atoms with van der Waals surface area (Å²) in [5, 5.41) is 4.64. The van der Waals surface area contributed by atoms with E-state index in [1.807, 2.05) is 25.3 Å². The van der Waals surface area contributed by atoms with E-state index >= 15 is 0 Å². The lowest BCUT2D eigenvalue weighted by Crippen LogP contribution is -2.41. The van der Waals surface area contributed by atoms with E-state index in [4.69, 9.17) is 9.97 Å². The molecule has 6 nitrogen and oxygen atoms in total. The molecule has 5 heterocycles. The molecule has 6 heteroatoms. The summed E-state index contributed by atoms with van der Waals surface area (Å²) in [6, 6.07) is 6.03. The van der Waals surface area contributed by atoms with Gasteiger partial charge in [-0.05, 0) is 56.3 Å². The highest BCUT2D eigenvalue weighted by molar-refractivity contribution is 5.91. The van der Waals surface area contributed by atoms with Crippen LogP contribution < -0.4 is 10.2 Å². The number of aromatic nitrogens is 4. The second-order valence-electron chi connectivity index (χ2n) is 7.86. The molecular formula is C21H24N6. The van der Waals surface area contributed by atoms with Crippen molar-refractivity contribution in [2.75, 3.05) is 31.1 Å². The monoisotopic (exact) mass is 360 g/mol. The number of piperidine rings is 1. The van der Waals surface area contributed by atoms with Gasteiger partial charge in [-0.25, -0.2) is 9.97 Å². The lowest BCUT2D eigenvalue weighted by molar-refractivity contribution is 0.247. The van der Waals surface area contributed by atoms with Gasteiger partial charge >= 0.3 is 0 Å². The summed E-state index contributed by atoms with van der Waals surface area (Å²) in [5.41, 5.74) is 3.38. The highest BCUT2D eigenvalue weighted by atomic mass is 15.2. The number of hydrogen-bond donors (Lipinski definition) is 1. The van der Waals surface area contributed by atoms with E-state index in [0.29, 0.717) is 5.41 Å². The van der Waals surface area contributed by atoms with Crippen LogP contribution in [0.3, 0.4) is 0 Å². The van der Waals surface area contributed by atoms with Crippen molar-refractivity contribution in [3.63, 3.8) is 0 Å². The topological polar surface area (TPSA) is 66.8 Å². The normalized spacial score (nSPS) is 19.1. The molecule has 0 aliphatic carbocycles. The van der Waals surface area contributed by atoms with Crippen molar-refractivity contribution in [2.45, 2.75) is 26.2 Å². The van der Waals surface area contributed by atoms with Crippen LogP contribution in [-0.2, 0) is 0 Å². The number of rotatable bonds is 2. The highest BCUT2D eigenvalue weighted by Gasteiger charge is 2.37. The lowest BCUT2D eigenvalue weighted by atomic mass is 9.78. The van der Waals surface area contributed by atoms with E-state index in [1.165, 1.54) is 19.3 Å². The molecule has 0 saturated carbocycles. The molecule has 0 aromatic carbocycles. The summed E-state index contributed by atoms with van der Waals surface area (Å²) in [5.74, 6) is 1.78. The number of nitrogens with zero attached hydrogens (tertiary/aromatic N) is 5. The third-order valence-electron chi connectivity index (χ3n) is 6.09. The van der Waals surface area contributed by atoms with Crippen LogP contribution >= 0.6 is 0 Å². The van der Waals surface area contributed by atoms with Crippen LogP contribution in [0.2, 0.25) is 0 Å². The molecule has 3 aromatic heterocycles. The van der Waals surface area contributed by atoms with Gasteiger partial charge < -0.3 is 10.2 Å². The van der Waals surface area contributed by atoms with E-state index in [0.717, 1.165) is 60.0 Å². The van der Waals surface area contributed by atoms with Gasteiger partial charge in [0.2, 0.25) is 0 Å².